The van der Waals surface area contributed by atoms with Gasteiger partial charge in [-0.3, -0.25) is 0 Å². The van der Waals surface area contributed by atoms with Crippen molar-refractivity contribution in [2.45, 2.75) is 52.9 Å². The van der Waals surface area contributed by atoms with E-state index in [-0.39, 0.29) is 5.41 Å². The highest BCUT2D eigenvalue weighted by atomic mass is 16.3. The molecule has 1 aliphatic rings. The third-order valence-corrected chi connectivity index (χ3v) is 4.77. The molecule has 1 N–H and O–H groups in total. The topological polar surface area (TPSA) is 33.4 Å². The molecule has 0 aromatic carbocycles. The molecule has 1 heterocycles. The minimum absolute atomic E-state index is 0.0889. The second-order valence-electron chi connectivity index (χ2n) is 7.11. The molecular formula is C16H26O2. The zero-order valence-corrected chi connectivity index (χ0v) is 11.9. The van der Waals surface area contributed by atoms with E-state index < -0.39 is 0 Å². The van der Waals surface area contributed by atoms with Crippen LogP contribution in [0, 0.1) is 16.7 Å². The van der Waals surface area contributed by atoms with Gasteiger partial charge < -0.3 is 9.52 Å². The smallest absolute Gasteiger partial charge is 0.0934 e. The van der Waals surface area contributed by atoms with E-state index in [1.54, 1.807) is 6.26 Å². The highest BCUT2D eigenvalue weighted by molar-refractivity contribution is 5.09. The van der Waals surface area contributed by atoms with Gasteiger partial charge in [-0.2, -0.15) is 0 Å². The van der Waals surface area contributed by atoms with Crippen LogP contribution < -0.4 is 0 Å². The molecule has 2 heteroatoms. The van der Waals surface area contributed by atoms with Crippen LogP contribution in [-0.4, -0.2) is 11.7 Å². The molecule has 2 nitrogen and oxygen atoms in total. The van der Waals surface area contributed by atoms with Gasteiger partial charge in [0.2, 0.25) is 0 Å². The molecule has 0 spiro atoms. The highest BCUT2D eigenvalue weighted by Crippen LogP contribution is 2.46. The molecule has 0 atom stereocenters. The second kappa shape index (κ2) is 5.08. The summed E-state index contributed by atoms with van der Waals surface area (Å²) in [6.07, 6.45) is 9.24. The van der Waals surface area contributed by atoms with Gasteiger partial charge in [0, 0.05) is 6.61 Å². The summed E-state index contributed by atoms with van der Waals surface area (Å²) in [5, 5.41) is 9.80. The first-order valence-electron chi connectivity index (χ1n) is 7.07. The van der Waals surface area contributed by atoms with Crippen molar-refractivity contribution < 1.29 is 9.52 Å². The first-order valence-corrected chi connectivity index (χ1v) is 7.07. The summed E-state index contributed by atoms with van der Waals surface area (Å²) in [5.41, 5.74) is 1.71. The molecule has 0 amide bonds. The number of furan rings is 1. The fourth-order valence-corrected chi connectivity index (χ4v) is 3.31. The summed E-state index contributed by atoms with van der Waals surface area (Å²) >= 11 is 0. The molecule has 1 aromatic rings. The minimum atomic E-state index is 0.0889. The summed E-state index contributed by atoms with van der Waals surface area (Å²) in [7, 11) is 0. The summed E-state index contributed by atoms with van der Waals surface area (Å²) < 4.78 is 5.14. The van der Waals surface area contributed by atoms with Crippen molar-refractivity contribution >= 4 is 0 Å². The molecule has 0 unspecified atom stereocenters. The van der Waals surface area contributed by atoms with Crippen LogP contribution in [0.3, 0.4) is 0 Å². The maximum Gasteiger partial charge on any atom is 0.0934 e. The molecular weight excluding hydrogens is 224 g/mol. The zero-order valence-electron chi connectivity index (χ0n) is 11.9. The van der Waals surface area contributed by atoms with Crippen molar-refractivity contribution in [3.05, 3.63) is 24.2 Å². The van der Waals surface area contributed by atoms with Gasteiger partial charge in [0.05, 0.1) is 12.5 Å². The van der Waals surface area contributed by atoms with Crippen LogP contribution in [0.1, 0.15) is 52.0 Å². The van der Waals surface area contributed by atoms with Crippen molar-refractivity contribution in [2.75, 3.05) is 6.61 Å². The Balaban J connectivity index is 2.00. The lowest BCUT2D eigenvalue weighted by atomic mass is 9.63. The highest BCUT2D eigenvalue weighted by Gasteiger charge is 2.38. The van der Waals surface area contributed by atoms with Crippen LogP contribution in [-0.2, 0) is 6.42 Å². The average molecular weight is 250 g/mol. The third-order valence-electron chi connectivity index (χ3n) is 4.77. The van der Waals surface area contributed by atoms with Crippen molar-refractivity contribution in [2.24, 2.45) is 16.7 Å². The van der Waals surface area contributed by atoms with Gasteiger partial charge >= 0.3 is 0 Å². The number of hydrogen-bond donors (Lipinski definition) is 1. The third kappa shape index (κ3) is 2.97. The fraction of sp³-hybridized carbons (Fsp3) is 0.750. The van der Waals surface area contributed by atoms with Crippen molar-refractivity contribution in [1.82, 2.24) is 0 Å². The predicted octanol–water partition coefficient (Wildman–Crippen LogP) is 4.04. The Hall–Kier alpha value is -0.760. The number of hydrogen-bond acceptors (Lipinski definition) is 2. The quantitative estimate of drug-likeness (QED) is 0.878. The molecule has 0 aliphatic heterocycles. The Bertz CT molecular complexity index is 351. The monoisotopic (exact) mass is 250 g/mol. The van der Waals surface area contributed by atoms with Crippen LogP contribution in [0.2, 0.25) is 0 Å². The molecule has 18 heavy (non-hydrogen) atoms. The lowest BCUT2D eigenvalue weighted by molar-refractivity contribution is 0.0368. The number of rotatable bonds is 3. The molecule has 1 aromatic heterocycles. The van der Waals surface area contributed by atoms with Gasteiger partial charge in [0.1, 0.15) is 0 Å². The van der Waals surface area contributed by atoms with E-state index in [2.05, 4.69) is 20.8 Å². The SMILES string of the molecule is CC(C)(C)C1CCC(CO)(Cc2ccoc2)CC1. The van der Waals surface area contributed by atoms with Gasteiger partial charge in [-0.15, -0.1) is 0 Å². The molecule has 1 fully saturated rings. The van der Waals surface area contributed by atoms with E-state index in [0.29, 0.717) is 12.0 Å². The Morgan fingerprint density at radius 3 is 2.44 bits per heavy atom. The molecule has 1 aliphatic carbocycles. The van der Waals surface area contributed by atoms with Gasteiger partial charge in [-0.1, -0.05) is 20.8 Å². The molecule has 0 radical (unpaired) electrons. The van der Waals surface area contributed by atoms with Crippen molar-refractivity contribution in [1.29, 1.82) is 0 Å². The van der Waals surface area contributed by atoms with E-state index in [4.69, 9.17) is 4.42 Å². The molecule has 2 rings (SSSR count). The first-order chi connectivity index (χ1) is 8.45. The van der Waals surface area contributed by atoms with E-state index in [9.17, 15) is 5.11 Å². The second-order valence-corrected chi connectivity index (χ2v) is 7.11. The van der Waals surface area contributed by atoms with E-state index >= 15 is 0 Å². The van der Waals surface area contributed by atoms with Crippen LogP contribution in [0.4, 0.5) is 0 Å². The van der Waals surface area contributed by atoms with Gasteiger partial charge in [-0.25, -0.2) is 0 Å². The molecule has 1 saturated carbocycles. The van der Waals surface area contributed by atoms with E-state index in [1.165, 1.54) is 18.4 Å². The van der Waals surface area contributed by atoms with Crippen LogP contribution >= 0.6 is 0 Å². The number of aliphatic hydroxyl groups excluding tert-OH is 1. The summed E-state index contributed by atoms with van der Waals surface area (Å²) in [4.78, 5) is 0. The summed E-state index contributed by atoms with van der Waals surface area (Å²) in [5.74, 6) is 0.793. The Morgan fingerprint density at radius 1 is 1.33 bits per heavy atom. The standard InChI is InChI=1S/C16H26O2/c1-15(2,3)14-4-7-16(12-17,8-5-14)10-13-6-9-18-11-13/h6,9,11,14,17H,4-5,7-8,10,12H2,1-3H3. The molecule has 102 valence electrons. The predicted molar refractivity (Wildman–Crippen MR) is 73.3 cm³/mol. The fourth-order valence-electron chi connectivity index (χ4n) is 3.31. The van der Waals surface area contributed by atoms with E-state index in [0.717, 1.165) is 25.2 Å². The lowest BCUT2D eigenvalue weighted by Gasteiger charge is -2.43. The minimum Gasteiger partial charge on any atom is -0.472 e. The Labute approximate surface area is 110 Å². The average Bonchev–Trinajstić information content (AvgIpc) is 2.81. The van der Waals surface area contributed by atoms with Crippen LogP contribution in [0.5, 0.6) is 0 Å². The molecule has 0 bridgehead atoms. The Kier molecular flexibility index (Phi) is 3.86. The Morgan fingerprint density at radius 2 is 2.00 bits per heavy atom. The van der Waals surface area contributed by atoms with Gasteiger partial charge in [-0.05, 0) is 60.5 Å². The van der Waals surface area contributed by atoms with Crippen LogP contribution in [0.15, 0.2) is 23.0 Å². The van der Waals surface area contributed by atoms with Crippen LogP contribution in [0.25, 0.3) is 0 Å². The summed E-state index contributed by atoms with van der Waals surface area (Å²) in [6.45, 7) is 7.30. The van der Waals surface area contributed by atoms with E-state index in [1.807, 2.05) is 12.3 Å². The molecule has 0 saturated heterocycles. The largest absolute Gasteiger partial charge is 0.472 e. The number of aliphatic hydroxyl groups is 1. The maximum atomic E-state index is 9.80. The first kappa shape index (κ1) is 13.7. The van der Waals surface area contributed by atoms with Crippen molar-refractivity contribution in [3.63, 3.8) is 0 Å². The summed E-state index contributed by atoms with van der Waals surface area (Å²) in [6, 6.07) is 2.02. The zero-order chi connectivity index (χ0) is 13.2. The maximum absolute atomic E-state index is 9.80. The van der Waals surface area contributed by atoms with Gasteiger partial charge in [0.25, 0.3) is 0 Å². The lowest BCUT2D eigenvalue weighted by Crippen LogP contribution is -2.36. The van der Waals surface area contributed by atoms with Crippen molar-refractivity contribution in [3.8, 4) is 0 Å². The normalized spacial score (nSPS) is 29.4. The van der Waals surface area contributed by atoms with Gasteiger partial charge in [0.15, 0.2) is 0 Å².